The van der Waals surface area contributed by atoms with Crippen LogP contribution in [0.25, 0.3) is 0 Å². The monoisotopic (exact) mass is 245 g/mol. The van der Waals surface area contributed by atoms with Crippen LogP contribution >= 0.6 is 15.9 Å². The lowest BCUT2D eigenvalue weighted by Crippen LogP contribution is -2.05. The number of halogens is 1. The molecule has 0 bridgehead atoms. The van der Waals surface area contributed by atoms with Gasteiger partial charge in [0, 0.05) is 5.69 Å². The first kappa shape index (κ1) is 9.85. The highest BCUT2D eigenvalue weighted by atomic mass is 79.9. The van der Waals surface area contributed by atoms with Crippen molar-refractivity contribution >= 4 is 27.6 Å². The molecule has 0 amide bonds. The van der Waals surface area contributed by atoms with E-state index in [1.807, 2.05) is 0 Å². The number of benzene rings is 1. The summed E-state index contributed by atoms with van der Waals surface area (Å²) >= 11 is 3.17. The topological polar surface area (TPSA) is 72.5 Å². The van der Waals surface area contributed by atoms with E-state index in [0.29, 0.717) is 4.47 Å². The van der Waals surface area contributed by atoms with E-state index >= 15 is 0 Å². The lowest BCUT2D eigenvalue weighted by Gasteiger charge is -2.08. The van der Waals surface area contributed by atoms with E-state index in [-0.39, 0.29) is 17.0 Å². The third kappa shape index (κ3) is 1.75. The Balaban J connectivity index is 3.43. The number of nitrogen functional groups attached to an aromatic ring is 1. The molecule has 4 nitrogen and oxygen atoms in total. The van der Waals surface area contributed by atoms with Crippen LogP contribution in [0.5, 0.6) is 5.75 Å². The van der Waals surface area contributed by atoms with Gasteiger partial charge < -0.3 is 15.6 Å². The summed E-state index contributed by atoms with van der Waals surface area (Å²) in [7, 11) is 1.39. The zero-order valence-corrected chi connectivity index (χ0v) is 8.46. The number of rotatable bonds is 2. The van der Waals surface area contributed by atoms with Crippen LogP contribution in [0, 0.1) is 0 Å². The van der Waals surface area contributed by atoms with Gasteiger partial charge in [0.15, 0.2) is 0 Å². The minimum absolute atomic E-state index is 0.0168. The van der Waals surface area contributed by atoms with E-state index in [1.165, 1.54) is 13.2 Å². The molecule has 1 rings (SSSR count). The Kier molecular flexibility index (Phi) is 2.77. The Labute approximate surface area is 83.4 Å². The molecule has 0 aliphatic carbocycles. The minimum Gasteiger partial charge on any atom is -0.495 e. The maximum atomic E-state index is 10.8. The molecule has 0 spiro atoms. The van der Waals surface area contributed by atoms with E-state index in [9.17, 15) is 4.79 Å². The summed E-state index contributed by atoms with van der Waals surface area (Å²) in [6, 6.07) is 3.15. The van der Waals surface area contributed by atoms with Gasteiger partial charge in [-0.05, 0) is 28.1 Å². The number of carbonyl (C=O) groups is 1. The maximum Gasteiger partial charge on any atom is 0.341 e. The first-order valence-corrected chi connectivity index (χ1v) is 4.22. The van der Waals surface area contributed by atoms with Crippen molar-refractivity contribution in [1.82, 2.24) is 0 Å². The number of hydrogen-bond acceptors (Lipinski definition) is 3. The molecule has 0 fully saturated rings. The van der Waals surface area contributed by atoms with E-state index in [2.05, 4.69) is 15.9 Å². The van der Waals surface area contributed by atoms with Gasteiger partial charge in [0.25, 0.3) is 0 Å². The SMILES string of the molecule is COc1c(Br)ccc(N)c1C(=O)O. The summed E-state index contributed by atoms with van der Waals surface area (Å²) in [5, 5.41) is 8.82. The largest absolute Gasteiger partial charge is 0.495 e. The van der Waals surface area contributed by atoms with Crippen LogP contribution in [-0.4, -0.2) is 18.2 Å². The molecule has 0 unspecified atom stereocenters. The molecule has 0 saturated carbocycles. The second-order valence-corrected chi connectivity index (χ2v) is 3.20. The highest BCUT2D eigenvalue weighted by Gasteiger charge is 2.17. The summed E-state index contributed by atoms with van der Waals surface area (Å²) in [6.07, 6.45) is 0. The summed E-state index contributed by atoms with van der Waals surface area (Å²) < 4.78 is 5.48. The number of anilines is 1. The number of ether oxygens (including phenoxy) is 1. The van der Waals surface area contributed by atoms with Gasteiger partial charge in [0.05, 0.1) is 11.6 Å². The Hall–Kier alpha value is -1.23. The molecule has 0 atom stereocenters. The molecule has 13 heavy (non-hydrogen) atoms. The van der Waals surface area contributed by atoms with Gasteiger partial charge in [-0.3, -0.25) is 0 Å². The molecule has 5 heteroatoms. The number of carboxylic acids is 1. The van der Waals surface area contributed by atoms with Crippen molar-refractivity contribution in [3.63, 3.8) is 0 Å². The molecular formula is C8H8BrNO3. The van der Waals surface area contributed by atoms with Crippen molar-refractivity contribution in [3.05, 3.63) is 22.2 Å². The summed E-state index contributed by atoms with van der Waals surface area (Å²) in [5.41, 5.74) is 5.66. The fraction of sp³-hybridized carbons (Fsp3) is 0.125. The van der Waals surface area contributed by atoms with Crippen LogP contribution in [0.2, 0.25) is 0 Å². The molecule has 0 saturated heterocycles. The molecule has 0 aliphatic heterocycles. The number of nitrogens with two attached hydrogens (primary N) is 1. The van der Waals surface area contributed by atoms with Gasteiger partial charge in [-0.25, -0.2) is 4.79 Å². The van der Waals surface area contributed by atoms with E-state index in [4.69, 9.17) is 15.6 Å². The lowest BCUT2D eigenvalue weighted by atomic mass is 10.1. The third-order valence-corrected chi connectivity index (χ3v) is 2.18. The second-order valence-electron chi connectivity index (χ2n) is 2.35. The van der Waals surface area contributed by atoms with E-state index in [0.717, 1.165) is 0 Å². The van der Waals surface area contributed by atoms with Crippen LogP contribution in [0.15, 0.2) is 16.6 Å². The fourth-order valence-corrected chi connectivity index (χ4v) is 1.48. The smallest absolute Gasteiger partial charge is 0.341 e. The molecule has 1 aromatic rings. The second kappa shape index (κ2) is 3.66. The molecule has 0 aromatic heterocycles. The zero-order valence-electron chi connectivity index (χ0n) is 6.87. The predicted molar refractivity (Wildman–Crippen MR) is 52.1 cm³/mol. The third-order valence-electron chi connectivity index (χ3n) is 1.56. The van der Waals surface area contributed by atoms with Gasteiger partial charge in [-0.2, -0.15) is 0 Å². The lowest BCUT2D eigenvalue weighted by molar-refractivity contribution is 0.0694. The van der Waals surface area contributed by atoms with Crippen molar-refractivity contribution in [2.45, 2.75) is 0 Å². The van der Waals surface area contributed by atoms with E-state index in [1.54, 1.807) is 6.07 Å². The van der Waals surface area contributed by atoms with Gasteiger partial charge >= 0.3 is 5.97 Å². The highest BCUT2D eigenvalue weighted by molar-refractivity contribution is 9.10. The van der Waals surface area contributed by atoms with Crippen molar-refractivity contribution in [3.8, 4) is 5.75 Å². The Bertz CT molecular complexity index is 351. The van der Waals surface area contributed by atoms with Gasteiger partial charge in [0.2, 0.25) is 0 Å². The molecule has 0 radical (unpaired) electrons. The first-order chi connectivity index (χ1) is 6.07. The molecular weight excluding hydrogens is 238 g/mol. The number of carboxylic acid groups (broad SMARTS) is 1. The van der Waals surface area contributed by atoms with Crippen LogP contribution in [0.1, 0.15) is 10.4 Å². The molecule has 70 valence electrons. The standard InChI is InChI=1S/C8H8BrNO3/c1-13-7-4(9)2-3-5(10)6(7)8(11)12/h2-3H,10H2,1H3,(H,11,12). The van der Waals surface area contributed by atoms with Crippen LogP contribution in [0.4, 0.5) is 5.69 Å². The first-order valence-electron chi connectivity index (χ1n) is 3.43. The normalized spacial score (nSPS) is 9.69. The van der Waals surface area contributed by atoms with Gasteiger partial charge in [0.1, 0.15) is 11.3 Å². The Morgan fingerprint density at radius 1 is 1.62 bits per heavy atom. The molecule has 0 aliphatic rings. The van der Waals surface area contributed by atoms with Crippen molar-refractivity contribution < 1.29 is 14.6 Å². The van der Waals surface area contributed by atoms with Crippen molar-refractivity contribution in [1.29, 1.82) is 0 Å². The molecule has 3 N–H and O–H groups in total. The van der Waals surface area contributed by atoms with Crippen LogP contribution in [0.3, 0.4) is 0 Å². The quantitative estimate of drug-likeness (QED) is 0.779. The highest BCUT2D eigenvalue weighted by Crippen LogP contribution is 2.32. The summed E-state index contributed by atoms with van der Waals surface area (Å²) in [5.74, 6) is -0.858. The Morgan fingerprint density at radius 3 is 2.62 bits per heavy atom. The Morgan fingerprint density at radius 2 is 2.23 bits per heavy atom. The maximum absolute atomic E-state index is 10.8. The molecule has 1 aromatic carbocycles. The average molecular weight is 246 g/mol. The van der Waals surface area contributed by atoms with Gasteiger partial charge in [-0.1, -0.05) is 0 Å². The number of aromatic carboxylic acids is 1. The van der Waals surface area contributed by atoms with Crippen LogP contribution in [-0.2, 0) is 0 Å². The van der Waals surface area contributed by atoms with Crippen molar-refractivity contribution in [2.75, 3.05) is 12.8 Å². The average Bonchev–Trinajstić information content (AvgIpc) is 2.07. The van der Waals surface area contributed by atoms with Gasteiger partial charge in [-0.15, -0.1) is 0 Å². The number of hydrogen-bond donors (Lipinski definition) is 2. The summed E-state index contributed by atoms with van der Waals surface area (Å²) in [6.45, 7) is 0. The van der Waals surface area contributed by atoms with E-state index < -0.39 is 5.97 Å². The fourth-order valence-electron chi connectivity index (χ4n) is 0.993. The number of methoxy groups -OCH3 is 1. The van der Waals surface area contributed by atoms with Crippen molar-refractivity contribution in [2.24, 2.45) is 0 Å². The van der Waals surface area contributed by atoms with Crippen LogP contribution < -0.4 is 10.5 Å². The zero-order chi connectivity index (χ0) is 10.0. The molecule has 0 heterocycles. The minimum atomic E-state index is -1.10. The predicted octanol–water partition coefficient (Wildman–Crippen LogP) is 1.74. The summed E-state index contributed by atoms with van der Waals surface area (Å²) in [4.78, 5) is 10.8.